The molecule has 2 heterocycles. The Morgan fingerprint density at radius 3 is 3.00 bits per heavy atom. The highest BCUT2D eigenvalue weighted by molar-refractivity contribution is 5.67. The highest BCUT2D eigenvalue weighted by Crippen LogP contribution is 2.17. The summed E-state index contributed by atoms with van der Waals surface area (Å²) in [7, 11) is 0. The van der Waals surface area contributed by atoms with Gasteiger partial charge in [0.2, 0.25) is 0 Å². The van der Waals surface area contributed by atoms with Crippen LogP contribution in [0.2, 0.25) is 0 Å². The van der Waals surface area contributed by atoms with Crippen LogP contribution in [0.5, 0.6) is 5.75 Å². The van der Waals surface area contributed by atoms with Crippen LogP contribution in [0.3, 0.4) is 0 Å². The molecule has 23 heavy (non-hydrogen) atoms. The molecular weight excluding hydrogens is 295 g/mol. The summed E-state index contributed by atoms with van der Waals surface area (Å²) in [6.45, 7) is 4.55. The number of hydrogen-bond acceptors (Lipinski definition) is 4. The van der Waals surface area contributed by atoms with Crippen molar-refractivity contribution >= 4 is 11.3 Å². The number of ether oxygens (including phenoxy) is 1. The second-order valence-corrected chi connectivity index (χ2v) is 5.38. The van der Waals surface area contributed by atoms with Gasteiger partial charge < -0.3 is 10.1 Å². The monoisotopic (exact) mass is 314 g/mol. The molecule has 0 saturated carbocycles. The van der Waals surface area contributed by atoms with E-state index >= 15 is 0 Å². The Labute approximate surface area is 134 Å². The maximum absolute atomic E-state index is 13.2. The van der Waals surface area contributed by atoms with E-state index in [1.807, 2.05) is 26.1 Å². The predicted octanol–water partition coefficient (Wildman–Crippen LogP) is 3.45. The number of anilines is 1. The molecule has 1 N–H and O–H groups in total. The second-order valence-electron chi connectivity index (χ2n) is 5.38. The van der Waals surface area contributed by atoms with E-state index in [9.17, 15) is 4.39 Å². The van der Waals surface area contributed by atoms with E-state index in [1.165, 1.54) is 12.1 Å². The average molecular weight is 314 g/mol. The Kier molecular flexibility index (Phi) is 4.41. The lowest BCUT2D eigenvalue weighted by Gasteiger charge is -2.18. The molecule has 0 saturated heterocycles. The number of halogens is 1. The van der Waals surface area contributed by atoms with Gasteiger partial charge in [0, 0.05) is 18.5 Å². The van der Waals surface area contributed by atoms with Gasteiger partial charge in [-0.05, 0) is 31.5 Å². The molecule has 0 aliphatic rings. The molecule has 0 bridgehead atoms. The lowest BCUT2D eigenvalue weighted by atomic mass is 10.2. The summed E-state index contributed by atoms with van der Waals surface area (Å²) in [5, 5.41) is 7.66. The van der Waals surface area contributed by atoms with Crippen molar-refractivity contribution in [2.24, 2.45) is 0 Å². The van der Waals surface area contributed by atoms with Crippen LogP contribution in [0, 0.1) is 12.7 Å². The van der Waals surface area contributed by atoms with Crippen molar-refractivity contribution in [3.8, 4) is 5.75 Å². The Balaban J connectivity index is 1.69. The first-order chi connectivity index (χ1) is 11.2. The number of aromatic nitrogens is 3. The summed E-state index contributed by atoms with van der Waals surface area (Å²) < 4.78 is 20.9. The zero-order valence-electron chi connectivity index (χ0n) is 13.2. The van der Waals surface area contributed by atoms with Crippen molar-refractivity contribution in [1.29, 1.82) is 0 Å². The van der Waals surface area contributed by atoms with Crippen LogP contribution in [-0.2, 0) is 0 Å². The second kappa shape index (κ2) is 6.64. The van der Waals surface area contributed by atoms with E-state index in [0.29, 0.717) is 12.3 Å². The predicted molar refractivity (Wildman–Crippen MR) is 87.3 cm³/mol. The highest BCUT2D eigenvalue weighted by Gasteiger charge is 2.11. The van der Waals surface area contributed by atoms with Gasteiger partial charge in [-0.15, -0.1) is 0 Å². The van der Waals surface area contributed by atoms with Crippen molar-refractivity contribution in [3.05, 3.63) is 54.2 Å². The van der Waals surface area contributed by atoms with Gasteiger partial charge in [-0.25, -0.2) is 13.9 Å². The molecule has 0 amide bonds. The molecular formula is C17H19FN4O. The van der Waals surface area contributed by atoms with Gasteiger partial charge in [-0.1, -0.05) is 13.0 Å². The van der Waals surface area contributed by atoms with Crippen molar-refractivity contribution in [2.45, 2.75) is 26.4 Å². The maximum Gasteiger partial charge on any atom is 0.152 e. The molecule has 1 unspecified atom stereocenters. The third-order valence-corrected chi connectivity index (χ3v) is 3.56. The number of hydrogen-bond donors (Lipinski definition) is 1. The molecule has 2 aromatic heterocycles. The number of nitrogens with one attached hydrogen (secondary N) is 1. The molecule has 1 atom stereocenters. The summed E-state index contributed by atoms with van der Waals surface area (Å²) in [4.78, 5) is 4.36. The van der Waals surface area contributed by atoms with E-state index in [-0.39, 0.29) is 11.9 Å². The Bertz CT molecular complexity index is 802. The number of aryl methyl sites for hydroxylation is 1. The fraction of sp³-hybridized carbons (Fsp3) is 0.294. The zero-order valence-corrected chi connectivity index (χ0v) is 13.2. The largest absolute Gasteiger partial charge is 0.489 e. The minimum Gasteiger partial charge on any atom is -0.489 e. The van der Waals surface area contributed by atoms with Crippen LogP contribution in [-0.4, -0.2) is 27.2 Å². The first-order valence-corrected chi connectivity index (χ1v) is 7.63. The van der Waals surface area contributed by atoms with Gasteiger partial charge >= 0.3 is 0 Å². The van der Waals surface area contributed by atoms with Crippen LogP contribution in [0.25, 0.3) is 5.52 Å². The molecule has 120 valence electrons. The third-order valence-electron chi connectivity index (χ3n) is 3.56. The number of rotatable bonds is 6. The van der Waals surface area contributed by atoms with Crippen molar-refractivity contribution < 1.29 is 9.13 Å². The molecule has 0 fully saturated rings. The molecule has 1 aromatic carbocycles. The minimum absolute atomic E-state index is 0.0807. The first-order valence-electron chi connectivity index (χ1n) is 7.63. The summed E-state index contributed by atoms with van der Waals surface area (Å²) in [6.07, 6.45) is 4.23. The Hall–Kier alpha value is -2.63. The maximum atomic E-state index is 13.2. The Morgan fingerprint density at radius 1 is 1.35 bits per heavy atom. The van der Waals surface area contributed by atoms with Crippen LogP contribution < -0.4 is 10.1 Å². The van der Waals surface area contributed by atoms with Gasteiger partial charge in [0.25, 0.3) is 0 Å². The SMILES string of the molecule is CCC(CNc1nccn2nc(C)cc12)Oc1cccc(F)c1. The van der Waals surface area contributed by atoms with Crippen LogP contribution in [0.1, 0.15) is 19.0 Å². The van der Waals surface area contributed by atoms with Gasteiger partial charge in [0.1, 0.15) is 23.2 Å². The fourth-order valence-electron chi connectivity index (χ4n) is 2.39. The van der Waals surface area contributed by atoms with Crippen LogP contribution in [0.4, 0.5) is 10.2 Å². The van der Waals surface area contributed by atoms with E-state index in [0.717, 1.165) is 23.4 Å². The summed E-state index contributed by atoms with van der Waals surface area (Å²) >= 11 is 0. The fourth-order valence-corrected chi connectivity index (χ4v) is 2.39. The number of fused-ring (bicyclic) bond motifs is 1. The first kappa shape index (κ1) is 15.3. The van der Waals surface area contributed by atoms with Crippen molar-refractivity contribution in [2.75, 3.05) is 11.9 Å². The van der Waals surface area contributed by atoms with E-state index in [1.54, 1.807) is 22.8 Å². The van der Waals surface area contributed by atoms with Gasteiger partial charge in [0.05, 0.1) is 12.2 Å². The van der Waals surface area contributed by atoms with Crippen molar-refractivity contribution in [1.82, 2.24) is 14.6 Å². The van der Waals surface area contributed by atoms with Gasteiger partial charge in [0.15, 0.2) is 5.82 Å². The number of nitrogens with zero attached hydrogens (tertiary/aromatic N) is 3. The zero-order chi connectivity index (χ0) is 16.2. The smallest absolute Gasteiger partial charge is 0.152 e. The quantitative estimate of drug-likeness (QED) is 0.757. The van der Waals surface area contributed by atoms with E-state index in [4.69, 9.17) is 4.74 Å². The summed E-state index contributed by atoms with van der Waals surface area (Å²) in [5.74, 6) is 0.992. The minimum atomic E-state index is -0.300. The summed E-state index contributed by atoms with van der Waals surface area (Å²) in [6, 6.07) is 8.16. The van der Waals surface area contributed by atoms with E-state index in [2.05, 4.69) is 15.4 Å². The molecule has 0 aliphatic heterocycles. The van der Waals surface area contributed by atoms with Crippen LogP contribution >= 0.6 is 0 Å². The van der Waals surface area contributed by atoms with Gasteiger partial charge in [-0.2, -0.15) is 5.10 Å². The van der Waals surface area contributed by atoms with Crippen molar-refractivity contribution in [3.63, 3.8) is 0 Å². The lowest BCUT2D eigenvalue weighted by Crippen LogP contribution is -2.26. The highest BCUT2D eigenvalue weighted by atomic mass is 19.1. The molecule has 0 radical (unpaired) electrons. The van der Waals surface area contributed by atoms with Gasteiger partial charge in [-0.3, -0.25) is 0 Å². The van der Waals surface area contributed by atoms with Crippen LogP contribution in [0.15, 0.2) is 42.7 Å². The Morgan fingerprint density at radius 2 is 2.22 bits per heavy atom. The molecule has 0 aliphatic carbocycles. The van der Waals surface area contributed by atoms with E-state index < -0.39 is 0 Å². The standard InChI is InChI=1S/C17H19FN4O/c1-3-14(23-15-6-4-5-13(18)10-15)11-20-17-16-9-12(2)21-22(16)8-7-19-17/h4-10,14H,3,11H2,1-2H3,(H,19,20). The normalized spacial score (nSPS) is 12.3. The molecule has 3 aromatic rings. The average Bonchev–Trinajstić information content (AvgIpc) is 2.92. The molecule has 6 heteroatoms. The third kappa shape index (κ3) is 3.59. The number of benzene rings is 1. The lowest BCUT2D eigenvalue weighted by molar-refractivity contribution is 0.209. The molecule has 3 rings (SSSR count). The molecule has 0 spiro atoms. The topological polar surface area (TPSA) is 51.5 Å². The summed E-state index contributed by atoms with van der Waals surface area (Å²) in [5.41, 5.74) is 1.86. The molecule has 5 nitrogen and oxygen atoms in total.